The minimum Gasteiger partial charge on any atom is -0.369 e. The fourth-order valence-corrected chi connectivity index (χ4v) is 2.86. The Balaban J connectivity index is 2.30. The van der Waals surface area contributed by atoms with Gasteiger partial charge in [0.25, 0.3) is 5.69 Å². The maximum Gasteiger partial charge on any atom is 0.270 e. The summed E-state index contributed by atoms with van der Waals surface area (Å²) in [5.41, 5.74) is 1.11. The monoisotopic (exact) mass is 277 g/mol. The molecule has 1 aliphatic heterocycles. The van der Waals surface area contributed by atoms with Gasteiger partial charge in [-0.05, 0) is 26.1 Å². The zero-order valence-electron chi connectivity index (χ0n) is 11.9. The number of hydrogen-bond donors (Lipinski definition) is 0. The Bertz CT molecular complexity index is 530. The number of anilines is 1. The van der Waals surface area contributed by atoms with Crippen molar-refractivity contribution < 1.29 is 9.72 Å². The molecule has 1 fully saturated rings. The summed E-state index contributed by atoms with van der Waals surface area (Å²) >= 11 is 0. The van der Waals surface area contributed by atoms with Crippen LogP contribution in [-0.2, 0) is 0 Å². The Labute approximate surface area is 118 Å². The number of rotatable bonds is 4. The molecule has 20 heavy (non-hydrogen) atoms. The number of carbonyl (C=O) groups excluding carboxylic acids is 1. The van der Waals surface area contributed by atoms with Crippen LogP contribution in [0.3, 0.4) is 0 Å². The molecule has 0 amide bonds. The molecular weight excluding hydrogens is 258 g/mol. The van der Waals surface area contributed by atoms with E-state index in [-0.39, 0.29) is 5.69 Å². The molecule has 2 unspecified atom stereocenters. The van der Waals surface area contributed by atoms with Crippen molar-refractivity contribution in [2.75, 3.05) is 32.1 Å². The van der Waals surface area contributed by atoms with E-state index in [0.717, 1.165) is 18.8 Å². The molecule has 2 atom stereocenters. The average molecular weight is 277 g/mol. The Morgan fingerprint density at radius 2 is 2.10 bits per heavy atom. The summed E-state index contributed by atoms with van der Waals surface area (Å²) < 4.78 is 0. The number of carbonyl (C=O) groups is 1. The highest BCUT2D eigenvalue weighted by Crippen LogP contribution is 2.30. The van der Waals surface area contributed by atoms with Crippen molar-refractivity contribution in [1.82, 2.24) is 4.90 Å². The standard InChI is InChI=1S/C14H19N3O3/c1-10-7-16(8-14(10)15(2)3)13-5-4-12(17(19)20)6-11(13)9-18/h4-6,9-10,14H,7-8H2,1-3H3. The molecule has 0 saturated carbocycles. The molecular formula is C14H19N3O3. The maximum atomic E-state index is 11.2. The van der Waals surface area contributed by atoms with E-state index in [4.69, 9.17) is 0 Å². The summed E-state index contributed by atoms with van der Waals surface area (Å²) in [4.78, 5) is 25.8. The van der Waals surface area contributed by atoms with Crippen molar-refractivity contribution in [3.05, 3.63) is 33.9 Å². The highest BCUT2D eigenvalue weighted by atomic mass is 16.6. The first kappa shape index (κ1) is 14.5. The van der Waals surface area contributed by atoms with Gasteiger partial charge in [0.15, 0.2) is 6.29 Å². The van der Waals surface area contributed by atoms with Gasteiger partial charge in [0.1, 0.15) is 0 Å². The van der Waals surface area contributed by atoms with Gasteiger partial charge in [-0.1, -0.05) is 6.92 Å². The maximum absolute atomic E-state index is 11.2. The van der Waals surface area contributed by atoms with Gasteiger partial charge in [-0.3, -0.25) is 14.9 Å². The predicted octanol–water partition coefficient (Wildman–Crippen LogP) is 1.79. The summed E-state index contributed by atoms with van der Waals surface area (Å²) in [5.74, 6) is 0.486. The number of nitro groups is 1. The molecule has 1 aromatic carbocycles. The Hall–Kier alpha value is -1.95. The molecule has 0 radical (unpaired) electrons. The lowest BCUT2D eigenvalue weighted by Crippen LogP contribution is -2.34. The van der Waals surface area contributed by atoms with Gasteiger partial charge < -0.3 is 9.80 Å². The second-order valence-electron chi connectivity index (χ2n) is 5.53. The van der Waals surface area contributed by atoms with Crippen molar-refractivity contribution in [3.8, 4) is 0 Å². The number of likely N-dealkylation sites (N-methyl/N-ethyl adjacent to an activating group) is 1. The largest absolute Gasteiger partial charge is 0.369 e. The van der Waals surface area contributed by atoms with E-state index in [9.17, 15) is 14.9 Å². The van der Waals surface area contributed by atoms with Crippen molar-refractivity contribution in [3.63, 3.8) is 0 Å². The fraction of sp³-hybridized carbons (Fsp3) is 0.500. The van der Waals surface area contributed by atoms with Crippen LogP contribution in [0.4, 0.5) is 11.4 Å². The zero-order chi connectivity index (χ0) is 14.9. The molecule has 0 spiro atoms. The first-order valence-electron chi connectivity index (χ1n) is 6.59. The van der Waals surface area contributed by atoms with E-state index >= 15 is 0 Å². The topological polar surface area (TPSA) is 66.7 Å². The van der Waals surface area contributed by atoms with Crippen molar-refractivity contribution in [2.24, 2.45) is 5.92 Å². The number of non-ortho nitro benzene ring substituents is 1. The molecule has 6 nitrogen and oxygen atoms in total. The second-order valence-corrected chi connectivity index (χ2v) is 5.53. The fourth-order valence-electron chi connectivity index (χ4n) is 2.86. The highest BCUT2D eigenvalue weighted by molar-refractivity contribution is 5.86. The summed E-state index contributed by atoms with van der Waals surface area (Å²) in [6, 6.07) is 4.89. The van der Waals surface area contributed by atoms with Crippen LogP contribution in [-0.4, -0.2) is 49.3 Å². The molecule has 1 aromatic rings. The smallest absolute Gasteiger partial charge is 0.270 e. The van der Waals surface area contributed by atoms with Gasteiger partial charge in [-0.15, -0.1) is 0 Å². The third-order valence-corrected chi connectivity index (χ3v) is 3.93. The van der Waals surface area contributed by atoms with E-state index in [0.29, 0.717) is 23.8 Å². The number of nitrogens with zero attached hydrogens (tertiary/aromatic N) is 3. The molecule has 1 heterocycles. The van der Waals surface area contributed by atoms with Crippen LogP contribution in [0.15, 0.2) is 18.2 Å². The SMILES string of the molecule is CC1CN(c2ccc([N+](=O)[O-])cc2C=O)CC1N(C)C. The summed E-state index contributed by atoms with van der Waals surface area (Å²) in [5, 5.41) is 10.8. The van der Waals surface area contributed by atoms with Crippen LogP contribution in [0.25, 0.3) is 0 Å². The molecule has 0 aromatic heterocycles. The molecule has 2 rings (SSSR count). The van der Waals surface area contributed by atoms with Crippen LogP contribution in [0.2, 0.25) is 0 Å². The minimum atomic E-state index is -0.480. The summed E-state index contributed by atoms with van der Waals surface area (Å²) in [6.45, 7) is 3.85. The summed E-state index contributed by atoms with van der Waals surface area (Å²) in [7, 11) is 4.09. The molecule has 108 valence electrons. The predicted molar refractivity (Wildman–Crippen MR) is 77.3 cm³/mol. The number of hydrogen-bond acceptors (Lipinski definition) is 5. The Morgan fingerprint density at radius 1 is 1.40 bits per heavy atom. The van der Waals surface area contributed by atoms with Gasteiger partial charge in [0.2, 0.25) is 0 Å². The molecule has 1 aliphatic rings. The van der Waals surface area contributed by atoms with Gasteiger partial charge in [0.05, 0.1) is 4.92 Å². The first-order valence-corrected chi connectivity index (χ1v) is 6.59. The minimum absolute atomic E-state index is 0.0488. The third kappa shape index (κ3) is 2.65. The number of nitro benzene ring substituents is 1. The molecule has 6 heteroatoms. The van der Waals surface area contributed by atoms with Crippen molar-refractivity contribution in [2.45, 2.75) is 13.0 Å². The van der Waals surface area contributed by atoms with Crippen LogP contribution in [0, 0.1) is 16.0 Å². The van der Waals surface area contributed by atoms with Crippen LogP contribution >= 0.6 is 0 Å². The summed E-state index contributed by atoms with van der Waals surface area (Å²) in [6.07, 6.45) is 0.690. The molecule has 1 saturated heterocycles. The molecule has 0 N–H and O–H groups in total. The average Bonchev–Trinajstić information content (AvgIpc) is 2.80. The number of aldehydes is 1. The molecule has 0 aliphatic carbocycles. The number of benzene rings is 1. The van der Waals surface area contributed by atoms with E-state index in [1.165, 1.54) is 12.1 Å². The zero-order valence-corrected chi connectivity index (χ0v) is 11.9. The van der Waals surface area contributed by atoms with Crippen LogP contribution < -0.4 is 4.90 Å². The Kier molecular flexibility index (Phi) is 4.04. The normalized spacial score (nSPS) is 22.3. The highest BCUT2D eigenvalue weighted by Gasteiger charge is 2.32. The lowest BCUT2D eigenvalue weighted by molar-refractivity contribution is -0.384. The first-order chi connectivity index (χ1) is 9.43. The van der Waals surface area contributed by atoms with E-state index in [2.05, 4.69) is 16.7 Å². The second kappa shape index (κ2) is 5.58. The lowest BCUT2D eigenvalue weighted by atomic mass is 10.1. The van der Waals surface area contributed by atoms with Gasteiger partial charge in [-0.2, -0.15) is 0 Å². The Morgan fingerprint density at radius 3 is 2.60 bits per heavy atom. The van der Waals surface area contributed by atoms with Gasteiger partial charge in [-0.25, -0.2) is 0 Å². The third-order valence-electron chi connectivity index (χ3n) is 3.93. The van der Waals surface area contributed by atoms with Gasteiger partial charge in [0, 0.05) is 42.5 Å². The van der Waals surface area contributed by atoms with Crippen LogP contribution in [0.1, 0.15) is 17.3 Å². The van der Waals surface area contributed by atoms with E-state index in [1.807, 2.05) is 14.1 Å². The molecule has 0 bridgehead atoms. The van der Waals surface area contributed by atoms with E-state index < -0.39 is 4.92 Å². The van der Waals surface area contributed by atoms with Crippen molar-refractivity contribution >= 4 is 17.7 Å². The van der Waals surface area contributed by atoms with E-state index in [1.54, 1.807) is 6.07 Å². The lowest BCUT2D eigenvalue weighted by Gasteiger charge is -2.23. The van der Waals surface area contributed by atoms with Crippen LogP contribution in [0.5, 0.6) is 0 Å². The van der Waals surface area contributed by atoms with Crippen molar-refractivity contribution in [1.29, 1.82) is 0 Å². The quantitative estimate of drug-likeness (QED) is 0.477. The van der Waals surface area contributed by atoms with Gasteiger partial charge >= 0.3 is 0 Å².